The lowest BCUT2D eigenvalue weighted by Gasteiger charge is -2.03. The van der Waals surface area contributed by atoms with E-state index in [4.69, 9.17) is 0 Å². The quantitative estimate of drug-likeness (QED) is 0.662. The van der Waals surface area contributed by atoms with E-state index in [-0.39, 0.29) is 0 Å². The van der Waals surface area contributed by atoms with Crippen LogP contribution in [-0.2, 0) is 12.8 Å². The molecule has 2 heterocycles. The number of para-hydroxylation sites is 1. The third-order valence-electron chi connectivity index (χ3n) is 2.54. The SMILES string of the molecule is Cn1ncnc1SCc1nnnn1-c1ccccc1. The van der Waals surface area contributed by atoms with Crippen molar-refractivity contribution in [3.05, 3.63) is 42.5 Å². The van der Waals surface area contributed by atoms with Crippen molar-refractivity contribution < 1.29 is 0 Å². The molecule has 8 heteroatoms. The maximum Gasteiger partial charge on any atom is 0.186 e. The Kier molecular flexibility index (Phi) is 3.23. The predicted octanol–water partition coefficient (Wildman–Crippen LogP) is 1.08. The van der Waals surface area contributed by atoms with Gasteiger partial charge < -0.3 is 0 Å². The molecule has 0 bridgehead atoms. The van der Waals surface area contributed by atoms with E-state index in [0.717, 1.165) is 16.7 Å². The van der Waals surface area contributed by atoms with E-state index in [9.17, 15) is 0 Å². The fourth-order valence-corrected chi connectivity index (χ4v) is 2.40. The molecule has 0 saturated heterocycles. The Labute approximate surface area is 113 Å². The van der Waals surface area contributed by atoms with E-state index in [1.807, 2.05) is 37.4 Å². The van der Waals surface area contributed by atoms with Gasteiger partial charge in [0.15, 0.2) is 11.0 Å². The van der Waals surface area contributed by atoms with Gasteiger partial charge in [-0.05, 0) is 22.6 Å². The van der Waals surface area contributed by atoms with Crippen LogP contribution in [0.25, 0.3) is 5.69 Å². The standard InChI is InChI=1S/C11H11N7S/c1-17-11(12-8-13-17)19-7-10-14-15-16-18(10)9-5-3-2-4-6-9/h2-6,8H,7H2,1H3. The van der Waals surface area contributed by atoms with Crippen molar-refractivity contribution in [1.29, 1.82) is 0 Å². The second-order valence-electron chi connectivity index (χ2n) is 3.80. The average Bonchev–Trinajstić information content (AvgIpc) is 3.06. The van der Waals surface area contributed by atoms with E-state index < -0.39 is 0 Å². The molecule has 96 valence electrons. The number of rotatable bonds is 4. The fraction of sp³-hybridized carbons (Fsp3) is 0.182. The lowest BCUT2D eigenvalue weighted by Crippen LogP contribution is -2.02. The van der Waals surface area contributed by atoms with Crippen molar-refractivity contribution in [1.82, 2.24) is 35.0 Å². The summed E-state index contributed by atoms with van der Waals surface area (Å²) in [4.78, 5) is 4.15. The van der Waals surface area contributed by atoms with Crippen molar-refractivity contribution in [2.45, 2.75) is 10.9 Å². The Hall–Kier alpha value is -2.22. The highest BCUT2D eigenvalue weighted by molar-refractivity contribution is 7.98. The summed E-state index contributed by atoms with van der Waals surface area (Å²) in [5.74, 6) is 1.41. The Morgan fingerprint density at radius 2 is 2.05 bits per heavy atom. The lowest BCUT2D eigenvalue weighted by molar-refractivity contribution is 0.684. The van der Waals surface area contributed by atoms with Crippen LogP contribution in [0.1, 0.15) is 5.82 Å². The van der Waals surface area contributed by atoms with Gasteiger partial charge in [0.25, 0.3) is 0 Å². The van der Waals surface area contributed by atoms with Crippen molar-refractivity contribution in [2.75, 3.05) is 0 Å². The molecule has 0 aliphatic rings. The molecule has 3 rings (SSSR count). The smallest absolute Gasteiger partial charge is 0.186 e. The van der Waals surface area contributed by atoms with Gasteiger partial charge in [0.1, 0.15) is 6.33 Å². The fourth-order valence-electron chi connectivity index (χ4n) is 1.61. The number of aromatic nitrogens is 7. The summed E-state index contributed by atoms with van der Waals surface area (Å²) < 4.78 is 3.45. The molecule has 2 aromatic heterocycles. The van der Waals surface area contributed by atoms with Crippen LogP contribution < -0.4 is 0 Å². The number of hydrogen-bond acceptors (Lipinski definition) is 6. The zero-order valence-corrected chi connectivity index (χ0v) is 11.0. The number of tetrazole rings is 1. The zero-order chi connectivity index (χ0) is 13.1. The summed E-state index contributed by atoms with van der Waals surface area (Å²) in [6.07, 6.45) is 1.53. The van der Waals surface area contributed by atoms with Gasteiger partial charge in [0.05, 0.1) is 11.4 Å². The number of thioether (sulfide) groups is 1. The molecule has 0 aliphatic heterocycles. The minimum Gasteiger partial charge on any atom is -0.244 e. The molecule has 0 atom stereocenters. The van der Waals surface area contributed by atoms with E-state index in [2.05, 4.69) is 25.6 Å². The maximum atomic E-state index is 4.15. The summed E-state index contributed by atoms with van der Waals surface area (Å²) in [6, 6.07) is 9.80. The molecule has 0 spiro atoms. The van der Waals surface area contributed by atoms with Crippen molar-refractivity contribution >= 4 is 11.8 Å². The minimum absolute atomic E-state index is 0.633. The van der Waals surface area contributed by atoms with Gasteiger partial charge >= 0.3 is 0 Å². The molecule has 0 aliphatic carbocycles. The van der Waals surface area contributed by atoms with Crippen LogP contribution in [-0.4, -0.2) is 35.0 Å². The first kappa shape index (κ1) is 11.8. The van der Waals surface area contributed by atoms with Crippen molar-refractivity contribution in [3.8, 4) is 5.69 Å². The largest absolute Gasteiger partial charge is 0.244 e. The molecule has 0 unspecified atom stereocenters. The first-order valence-corrected chi connectivity index (χ1v) is 6.62. The highest BCUT2D eigenvalue weighted by Crippen LogP contribution is 2.19. The number of aryl methyl sites for hydroxylation is 1. The number of nitrogens with zero attached hydrogens (tertiary/aromatic N) is 7. The molecule has 0 N–H and O–H groups in total. The molecule has 0 saturated carbocycles. The molecule has 3 aromatic rings. The van der Waals surface area contributed by atoms with Gasteiger partial charge in [0.2, 0.25) is 0 Å². The van der Waals surface area contributed by atoms with Crippen LogP contribution in [0.4, 0.5) is 0 Å². The van der Waals surface area contributed by atoms with Gasteiger partial charge in [-0.1, -0.05) is 30.0 Å². The van der Waals surface area contributed by atoms with Gasteiger partial charge in [-0.3, -0.25) is 0 Å². The van der Waals surface area contributed by atoms with Crippen LogP contribution in [0.3, 0.4) is 0 Å². The Balaban J connectivity index is 1.80. The summed E-state index contributed by atoms with van der Waals surface area (Å²) in [5, 5.41) is 16.6. The first-order chi connectivity index (χ1) is 9.34. The minimum atomic E-state index is 0.633. The summed E-state index contributed by atoms with van der Waals surface area (Å²) in [7, 11) is 1.86. The highest BCUT2D eigenvalue weighted by Gasteiger charge is 2.10. The second-order valence-corrected chi connectivity index (χ2v) is 4.74. The van der Waals surface area contributed by atoms with Crippen LogP contribution in [0.5, 0.6) is 0 Å². The normalized spacial score (nSPS) is 10.8. The Morgan fingerprint density at radius 1 is 1.21 bits per heavy atom. The molecule has 7 nitrogen and oxygen atoms in total. The van der Waals surface area contributed by atoms with Crippen molar-refractivity contribution in [2.24, 2.45) is 7.05 Å². The number of benzene rings is 1. The molecule has 0 fully saturated rings. The molecule has 1 aromatic carbocycles. The first-order valence-electron chi connectivity index (χ1n) is 5.64. The highest BCUT2D eigenvalue weighted by atomic mass is 32.2. The van der Waals surface area contributed by atoms with Gasteiger partial charge in [0, 0.05) is 7.05 Å². The van der Waals surface area contributed by atoms with E-state index in [1.54, 1.807) is 21.1 Å². The van der Waals surface area contributed by atoms with Crippen molar-refractivity contribution in [3.63, 3.8) is 0 Å². The van der Waals surface area contributed by atoms with E-state index >= 15 is 0 Å². The van der Waals surface area contributed by atoms with E-state index in [0.29, 0.717) is 5.75 Å². The van der Waals surface area contributed by atoms with E-state index in [1.165, 1.54) is 6.33 Å². The molecule has 0 amide bonds. The third-order valence-corrected chi connectivity index (χ3v) is 3.57. The molecular formula is C11H11N7S. The Bertz CT molecular complexity index is 661. The number of hydrogen-bond donors (Lipinski definition) is 0. The van der Waals surface area contributed by atoms with Crippen LogP contribution >= 0.6 is 11.8 Å². The topological polar surface area (TPSA) is 74.3 Å². The van der Waals surface area contributed by atoms with Crippen LogP contribution in [0.15, 0.2) is 41.8 Å². The summed E-state index contributed by atoms with van der Waals surface area (Å²) in [6.45, 7) is 0. The molecule has 0 radical (unpaired) electrons. The summed E-state index contributed by atoms with van der Waals surface area (Å²) >= 11 is 1.55. The van der Waals surface area contributed by atoms with Crippen LogP contribution in [0.2, 0.25) is 0 Å². The lowest BCUT2D eigenvalue weighted by atomic mass is 10.3. The monoisotopic (exact) mass is 273 g/mol. The zero-order valence-electron chi connectivity index (χ0n) is 10.2. The predicted molar refractivity (Wildman–Crippen MR) is 69.7 cm³/mol. The molecular weight excluding hydrogens is 262 g/mol. The van der Waals surface area contributed by atoms with Crippen LogP contribution in [0, 0.1) is 0 Å². The third kappa shape index (κ3) is 2.48. The maximum absolute atomic E-state index is 4.15. The van der Waals surface area contributed by atoms with Gasteiger partial charge in [-0.15, -0.1) is 5.10 Å². The van der Waals surface area contributed by atoms with Gasteiger partial charge in [-0.2, -0.15) is 9.78 Å². The Morgan fingerprint density at radius 3 is 2.79 bits per heavy atom. The second kappa shape index (κ2) is 5.19. The average molecular weight is 273 g/mol. The van der Waals surface area contributed by atoms with Gasteiger partial charge in [-0.25, -0.2) is 9.67 Å². The molecule has 19 heavy (non-hydrogen) atoms. The summed E-state index contributed by atoms with van der Waals surface area (Å²) in [5.41, 5.74) is 0.945.